The van der Waals surface area contributed by atoms with Gasteiger partial charge in [-0.25, -0.2) is 0 Å². The van der Waals surface area contributed by atoms with Crippen LogP contribution in [0.1, 0.15) is 42.7 Å². The Labute approximate surface area is 193 Å². The van der Waals surface area contributed by atoms with Crippen LogP contribution in [-0.4, -0.2) is 40.8 Å². The summed E-state index contributed by atoms with van der Waals surface area (Å²) in [6, 6.07) is 17.8. The van der Waals surface area contributed by atoms with E-state index in [-0.39, 0.29) is 17.9 Å². The van der Waals surface area contributed by atoms with Crippen molar-refractivity contribution in [2.45, 2.75) is 39.2 Å². The number of nitrogens with one attached hydrogen (secondary N) is 1. The van der Waals surface area contributed by atoms with Crippen LogP contribution in [0.2, 0.25) is 0 Å². The van der Waals surface area contributed by atoms with Crippen LogP contribution in [0.5, 0.6) is 0 Å². The summed E-state index contributed by atoms with van der Waals surface area (Å²) >= 11 is 1.70. The smallest absolute Gasteiger partial charge is 0.272 e. The van der Waals surface area contributed by atoms with Gasteiger partial charge in [0.05, 0.1) is 5.41 Å². The van der Waals surface area contributed by atoms with Crippen molar-refractivity contribution in [1.29, 1.82) is 0 Å². The van der Waals surface area contributed by atoms with E-state index in [9.17, 15) is 9.59 Å². The van der Waals surface area contributed by atoms with Gasteiger partial charge in [0.2, 0.25) is 5.91 Å². The summed E-state index contributed by atoms with van der Waals surface area (Å²) in [6.45, 7) is 4.98. The number of likely N-dealkylation sites (tertiary alicyclic amines) is 1. The number of nitrogens with zero attached hydrogens (tertiary/aromatic N) is 2. The van der Waals surface area contributed by atoms with Crippen LogP contribution < -0.4 is 5.32 Å². The maximum Gasteiger partial charge on any atom is 0.272 e. The third kappa shape index (κ3) is 4.75. The van der Waals surface area contributed by atoms with E-state index in [2.05, 4.69) is 33.9 Å². The highest BCUT2D eigenvalue weighted by Gasteiger charge is 2.44. The number of carbonyl (C=O) groups is 2. The maximum absolute atomic E-state index is 13.6. The van der Waals surface area contributed by atoms with Crippen LogP contribution in [0.15, 0.2) is 66.2 Å². The van der Waals surface area contributed by atoms with Gasteiger partial charge in [0.15, 0.2) is 0 Å². The molecule has 1 N–H and O–H groups in total. The molecule has 1 saturated heterocycles. The molecule has 1 aromatic carbocycles. The maximum atomic E-state index is 13.6. The first-order valence-corrected chi connectivity index (χ1v) is 12.0. The van der Waals surface area contributed by atoms with Crippen LogP contribution in [-0.2, 0) is 11.2 Å². The van der Waals surface area contributed by atoms with Gasteiger partial charge in [-0.2, -0.15) is 0 Å². The van der Waals surface area contributed by atoms with Crippen LogP contribution in [0.25, 0.3) is 10.4 Å². The number of hydrogen-bond acceptors (Lipinski definition) is 4. The molecule has 1 aliphatic rings. The van der Waals surface area contributed by atoms with Crippen molar-refractivity contribution in [3.8, 4) is 10.4 Å². The lowest BCUT2D eigenvalue weighted by Crippen LogP contribution is -2.55. The van der Waals surface area contributed by atoms with E-state index in [1.807, 2.05) is 38.1 Å². The molecule has 1 atom stereocenters. The Bertz CT molecular complexity index is 1070. The molecule has 0 saturated carbocycles. The molecular weight excluding hydrogens is 418 g/mol. The number of benzene rings is 1. The minimum Gasteiger partial charge on any atom is -0.353 e. The molecule has 4 rings (SSSR count). The monoisotopic (exact) mass is 447 g/mol. The highest BCUT2D eigenvalue weighted by atomic mass is 32.1. The second kappa shape index (κ2) is 9.65. The highest BCUT2D eigenvalue weighted by Crippen LogP contribution is 2.38. The van der Waals surface area contributed by atoms with Crippen molar-refractivity contribution in [2.75, 3.05) is 13.1 Å². The number of thiophene rings is 1. The van der Waals surface area contributed by atoms with Crippen molar-refractivity contribution in [3.05, 3.63) is 77.4 Å². The zero-order chi connectivity index (χ0) is 22.6. The highest BCUT2D eigenvalue weighted by molar-refractivity contribution is 7.13. The fourth-order valence-corrected chi connectivity index (χ4v) is 5.28. The lowest BCUT2D eigenvalue weighted by Gasteiger charge is -2.42. The lowest BCUT2D eigenvalue weighted by molar-refractivity contribution is -0.134. The molecule has 6 heteroatoms. The van der Waals surface area contributed by atoms with Gasteiger partial charge in [-0.05, 0) is 67.8 Å². The Morgan fingerprint density at radius 3 is 2.66 bits per heavy atom. The molecule has 0 unspecified atom stereocenters. The van der Waals surface area contributed by atoms with Crippen LogP contribution in [0.3, 0.4) is 0 Å². The molecule has 2 amide bonds. The Morgan fingerprint density at radius 2 is 1.94 bits per heavy atom. The summed E-state index contributed by atoms with van der Waals surface area (Å²) in [7, 11) is 0. The largest absolute Gasteiger partial charge is 0.353 e. The summed E-state index contributed by atoms with van der Waals surface area (Å²) < 4.78 is 0. The van der Waals surface area contributed by atoms with Gasteiger partial charge >= 0.3 is 0 Å². The molecule has 0 aliphatic carbocycles. The number of pyridine rings is 1. The number of amides is 2. The SMILES string of the molecule is CC(C)NC(=O)[C@]1(Cc2ccccc2-c2cccs2)CCCN(C(=O)c2ccccn2)C1. The molecule has 0 radical (unpaired) electrons. The predicted octanol–water partition coefficient (Wildman–Crippen LogP) is 4.80. The Morgan fingerprint density at radius 1 is 1.12 bits per heavy atom. The third-order valence-electron chi connectivity index (χ3n) is 5.98. The van der Waals surface area contributed by atoms with Crippen LogP contribution >= 0.6 is 11.3 Å². The summed E-state index contributed by atoms with van der Waals surface area (Å²) in [6.07, 6.45) is 3.75. The average molecular weight is 448 g/mol. The topological polar surface area (TPSA) is 62.3 Å². The van der Waals surface area contributed by atoms with Gasteiger partial charge in [-0.3, -0.25) is 14.6 Å². The molecule has 3 aromatic rings. The molecule has 0 spiro atoms. The second-order valence-corrected chi connectivity index (χ2v) is 9.71. The van der Waals surface area contributed by atoms with E-state index in [0.717, 1.165) is 24.0 Å². The van der Waals surface area contributed by atoms with Gasteiger partial charge in [-0.15, -0.1) is 11.3 Å². The van der Waals surface area contributed by atoms with Gasteiger partial charge in [0.1, 0.15) is 5.69 Å². The fraction of sp³-hybridized carbons (Fsp3) is 0.346. The molecule has 1 fully saturated rings. The second-order valence-electron chi connectivity index (χ2n) is 8.76. The number of piperidine rings is 1. The Balaban J connectivity index is 1.68. The summed E-state index contributed by atoms with van der Waals surface area (Å²) in [5.41, 5.74) is 2.04. The summed E-state index contributed by atoms with van der Waals surface area (Å²) in [4.78, 5) is 34.0. The first-order valence-electron chi connectivity index (χ1n) is 11.1. The van der Waals surface area contributed by atoms with Crippen LogP contribution in [0, 0.1) is 5.41 Å². The molecule has 5 nitrogen and oxygen atoms in total. The van der Waals surface area contributed by atoms with Crippen molar-refractivity contribution in [1.82, 2.24) is 15.2 Å². The number of carbonyl (C=O) groups excluding carboxylic acids is 2. The molecule has 2 aromatic heterocycles. The first kappa shape index (κ1) is 22.2. The third-order valence-corrected chi connectivity index (χ3v) is 6.89. The molecule has 3 heterocycles. The standard InChI is InChI=1S/C26H29N3O2S/c1-19(2)28-25(31)26(17-20-9-3-4-10-21(20)23-12-7-16-32-23)13-8-15-29(18-26)24(30)22-11-5-6-14-27-22/h3-7,9-12,14,16,19H,8,13,15,17-18H2,1-2H3,(H,28,31)/t26-/m0/s1. The van der Waals surface area contributed by atoms with Crippen molar-refractivity contribution in [2.24, 2.45) is 5.41 Å². The van der Waals surface area contributed by atoms with Gasteiger partial charge in [0, 0.05) is 30.2 Å². The molecule has 166 valence electrons. The summed E-state index contributed by atoms with van der Waals surface area (Å²) in [5.74, 6) is -0.0921. The van der Waals surface area contributed by atoms with Crippen LogP contribution in [0.4, 0.5) is 0 Å². The number of hydrogen-bond donors (Lipinski definition) is 1. The number of rotatable bonds is 6. The van der Waals surface area contributed by atoms with Crippen molar-refractivity contribution in [3.63, 3.8) is 0 Å². The molecule has 0 bridgehead atoms. The zero-order valence-electron chi connectivity index (χ0n) is 18.6. The van der Waals surface area contributed by atoms with E-state index in [1.165, 1.54) is 4.88 Å². The van der Waals surface area contributed by atoms with Crippen molar-refractivity contribution < 1.29 is 9.59 Å². The summed E-state index contributed by atoms with van der Waals surface area (Å²) in [5, 5.41) is 5.21. The molecule has 1 aliphatic heterocycles. The van der Waals surface area contributed by atoms with E-state index in [0.29, 0.717) is 25.2 Å². The minimum atomic E-state index is -0.680. The minimum absolute atomic E-state index is 0.0204. The Hall–Kier alpha value is -2.99. The van der Waals surface area contributed by atoms with Gasteiger partial charge in [-0.1, -0.05) is 36.4 Å². The number of aromatic nitrogens is 1. The van der Waals surface area contributed by atoms with E-state index in [4.69, 9.17) is 0 Å². The van der Waals surface area contributed by atoms with E-state index < -0.39 is 5.41 Å². The molecule has 32 heavy (non-hydrogen) atoms. The van der Waals surface area contributed by atoms with Gasteiger partial charge in [0.25, 0.3) is 5.91 Å². The van der Waals surface area contributed by atoms with E-state index in [1.54, 1.807) is 34.6 Å². The lowest BCUT2D eigenvalue weighted by atomic mass is 9.73. The normalized spacial score (nSPS) is 18.5. The van der Waals surface area contributed by atoms with Crippen molar-refractivity contribution >= 4 is 23.2 Å². The Kier molecular flexibility index (Phi) is 6.70. The quantitative estimate of drug-likeness (QED) is 0.590. The average Bonchev–Trinajstić information content (AvgIpc) is 3.34. The first-order chi connectivity index (χ1) is 15.5. The fourth-order valence-electron chi connectivity index (χ4n) is 4.49. The zero-order valence-corrected chi connectivity index (χ0v) is 19.4. The van der Waals surface area contributed by atoms with Gasteiger partial charge < -0.3 is 10.2 Å². The predicted molar refractivity (Wildman–Crippen MR) is 129 cm³/mol. The van der Waals surface area contributed by atoms with E-state index >= 15 is 0 Å². The molecular formula is C26H29N3O2S.